The smallest absolute Gasteiger partial charge is 0.231 e. The molecule has 0 bridgehead atoms. The van der Waals surface area contributed by atoms with Gasteiger partial charge in [0.1, 0.15) is 5.76 Å². The van der Waals surface area contributed by atoms with Crippen molar-refractivity contribution in [3.8, 4) is 11.3 Å². The van der Waals surface area contributed by atoms with Crippen LogP contribution in [0.5, 0.6) is 0 Å². The third-order valence-electron chi connectivity index (χ3n) is 5.18. The van der Waals surface area contributed by atoms with Crippen LogP contribution in [0.25, 0.3) is 11.3 Å². The molecule has 1 aliphatic rings. The largest absolute Gasteiger partial charge is 0.467 e. The Labute approximate surface area is 173 Å². The number of rotatable bonds is 5. The number of hydrogen-bond acceptors (Lipinski definition) is 5. The van der Waals surface area contributed by atoms with Gasteiger partial charge >= 0.3 is 0 Å². The summed E-state index contributed by atoms with van der Waals surface area (Å²) < 4.78 is 5.30. The van der Waals surface area contributed by atoms with E-state index in [1.54, 1.807) is 17.2 Å². The van der Waals surface area contributed by atoms with Crippen molar-refractivity contribution in [3.63, 3.8) is 0 Å². The number of furan rings is 1. The Hall–Kier alpha value is -2.93. The van der Waals surface area contributed by atoms with Gasteiger partial charge in [-0.1, -0.05) is 17.7 Å². The summed E-state index contributed by atoms with van der Waals surface area (Å²) in [4.78, 5) is 31.2. The standard InChI is InChI=1S/C22H23N3O3S/c1-13-7-14(2)20(15(3)8-13)18-12-29-22(23-18)24-21(27)16-9-19(26)25(10-16)11-17-5-4-6-28-17/h4-8,12,16H,9-11H2,1-3H3,(H,23,24,27)/t16-/m0/s1. The number of carbonyl (C=O) groups is 2. The van der Waals surface area contributed by atoms with Gasteiger partial charge in [0.2, 0.25) is 11.8 Å². The molecule has 1 atom stereocenters. The van der Waals surface area contributed by atoms with Crippen molar-refractivity contribution in [2.75, 3.05) is 11.9 Å². The predicted octanol–water partition coefficient (Wildman–Crippen LogP) is 4.32. The summed E-state index contributed by atoms with van der Waals surface area (Å²) in [6.07, 6.45) is 1.79. The van der Waals surface area contributed by atoms with E-state index in [-0.39, 0.29) is 24.2 Å². The summed E-state index contributed by atoms with van der Waals surface area (Å²) in [7, 11) is 0. The highest BCUT2D eigenvalue weighted by Crippen LogP contribution is 2.31. The average molecular weight is 410 g/mol. The molecule has 1 fully saturated rings. The lowest BCUT2D eigenvalue weighted by atomic mass is 9.98. The van der Waals surface area contributed by atoms with Crippen molar-refractivity contribution < 1.29 is 14.0 Å². The molecule has 7 heteroatoms. The fraction of sp³-hybridized carbons (Fsp3) is 0.318. The molecule has 1 N–H and O–H groups in total. The SMILES string of the molecule is Cc1cc(C)c(-c2csc(NC(=O)[C@H]3CC(=O)N(Cc4ccco4)C3)n2)c(C)c1. The van der Waals surface area contributed by atoms with Crippen LogP contribution in [0.1, 0.15) is 28.9 Å². The van der Waals surface area contributed by atoms with E-state index in [4.69, 9.17) is 4.42 Å². The number of amides is 2. The first-order chi connectivity index (χ1) is 13.9. The third-order valence-corrected chi connectivity index (χ3v) is 5.94. The third kappa shape index (κ3) is 4.10. The number of anilines is 1. The van der Waals surface area contributed by atoms with Gasteiger partial charge in [-0.15, -0.1) is 11.3 Å². The number of aryl methyl sites for hydroxylation is 3. The first-order valence-electron chi connectivity index (χ1n) is 9.55. The number of nitrogens with zero attached hydrogens (tertiary/aromatic N) is 2. The van der Waals surface area contributed by atoms with E-state index in [1.807, 2.05) is 11.4 Å². The quantitative estimate of drug-likeness (QED) is 0.681. The van der Waals surface area contributed by atoms with Crippen molar-refractivity contribution >= 4 is 28.3 Å². The van der Waals surface area contributed by atoms with Crippen LogP contribution in [-0.4, -0.2) is 28.2 Å². The van der Waals surface area contributed by atoms with Crippen LogP contribution in [0, 0.1) is 26.7 Å². The monoisotopic (exact) mass is 409 g/mol. The van der Waals surface area contributed by atoms with Gasteiger partial charge in [0.25, 0.3) is 0 Å². The molecular weight excluding hydrogens is 386 g/mol. The van der Waals surface area contributed by atoms with Crippen LogP contribution in [0.4, 0.5) is 5.13 Å². The van der Waals surface area contributed by atoms with Crippen LogP contribution < -0.4 is 5.32 Å². The molecule has 1 aliphatic heterocycles. The van der Waals surface area contributed by atoms with Crippen LogP contribution in [0.15, 0.2) is 40.3 Å². The van der Waals surface area contributed by atoms with Gasteiger partial charge in [-0.2, -0.15) is 0 Å². The molecule has 0 saturated carbocycles. The highest BCUT2D eigenvalue weighted by molar-refractivity contribution is 7.14. The Morgan fingerprint density at radius 1 is 1.31 bits per heavy atom. The predicted molar refractivity (Wildman–Crippen MR) is 113 cm³/mol. The van der Waals surface area contributed by atoms with Crippen molar-refractivity contribution in [1.82, 2.24) is 9.88 Å². The Morgan fingerprint density at radius 3 is 2.76 bits per heavy atom. The summed E-state index contributed by atoms with van der Waals surface area (Å²) in [5.74, 6) is 0.131. The maximum Gasteiger partial charge on any atom is 0.231 e. The van der Waals surface area contributed by atoms with Crippen LogP contribution in [0.3, 0.4) is 0 Å². The minimum absolute atomic E-state index is 0.0349. The molecule has 6 nitrogen and oxygen atoms in total. The second-order valence-corrected chi connectivity index (χ2v) is 8.41. The minimum Gasteiger partial charge on any atom is -0.467 e. The molecule has 0 unspecified atom stereocenters. The lowest BCUT2D eigenvalue weighted by Gasteiger charge is -2.14. The van der Waals surface area contributed by atoms with E-state index in [2.05, 4.69) is 43.2 Å². The summed E-state index contributed by atoms with van der Waals surface area (Å²) >= 11 is 1.40. The number of aromatic nitrogens is 1. The summed E-state index contributed by atoms with van der Waals surface area (Å²) in [5.41, 5.74) is 5.52. The number of carbonyl (C=O) groups excluding carboxylic acids is 2. The molecule has 150 valence electrons. The van der Waals surface area contributed by atoms with Crippen molar-refractivity contribution in [1.29, 1.82) is 0 Å². The fourth-order valence-corrected chi connectivity index (χ4v) is 4.63. The summed E-state index contributed by atoms with van der Waals surface area (Å²) in [5, 5.41) is 5.41. The molecule has 29 heavy (non-hydrogen) atoms. The Morgan fingerprint density at radius 2 is 2.07 bits per heavy atom. The average Bonchev–Trinajstić information content (AvgIpc) is 3.38. The molecule has 3 heterocycles. The van der Waals surface area contributed by atoms with E-state index in [0.717, 1.165) is 11.3 Å². The molecule has 2 amide bonds. The lowest BCUT2D eigenvalue weighted by Crippen LogP contribution is -2.27. The van der Waals surface area contributed by atoms with E-state index in [1.165, 1.54) is 28.0 Å². The zero-order valence-electron chi connectivity index (χ0n) is 16.7. The van der Waals surface area contributed by atoms with E-state index in [0.29, 0.717) is 24.0 Å². The van der Waals surface area contributed by atoms with Gasteiger partial charge in [-0.05, 0) is 44.0 Å². The van der Waals surface area contributed by atoms with Gasteiger partial charge in [0.15, 0.2) is 5.13 Å². The normalized spacial score (nSPS) is 16.4. The highest BCUT2D eigenvalue weighted by Gasteiger charge is 2.35. The number of hydrogen-bond donors (Lipinski definition) is 1. The van der Waals surface area contributed by atoms with Gasteiger partial charge in [0, 0.05) is 23.9 Å². The highest BCUT2D eigenvalue weighted by atomic mass is 32.1. The molecule has 3 aromatic rings. The molecular formula is C22H23N3O3S. The van der Waals surface area contributed by atoms with Gasteiger partial charge in [-0.3, -0.25) is 9.59 Å². The molecule has 1 aromatic carbocycles. The van der Waals surface area contributed by atoms with Crippen LogP contribution >= 0.6 is 11.3 Å². The summed E-state index contributed by atoms with van der Waals surface area (Å²) in [6, 6.07) is 7.89. The number of benzene rings is 1. The van der Waals surface area contributed by atoms with E-state index in [9.17, 15) is 9.59 Å². The summed E-state index contributed by atoms with van der Waals surface area (Å²) in [6.45, 7) is 7.01. The second kappa shape index (κ2) is 7.83. The first kappa shape index (κ1) is 19.4. The zero-order valence-corrected chi connectivity index (χ0v) is 17.5. The fourth-order valence-electron chi connectivity index (χ4n) is 3.93. The molecule has 1 saturated heterocycles. The van der Waals surface area contributed by atoms with Gasteiger partial charge < -0.3 is 14.6 Å². The molecule has 0 aliphatic carbocycles. The zero-order chi connectivity index (χ0) is 20.5. The molecule has 0 spiro atoms. The van der Waals surface area contributed by atoms with E-state index < -0.39 is 0 Å². The van der Waals surface area contributed by atoms with Crippen molar-refractivity contribution in [2.24, 2.45) is 5.92 Å². The molecule has 2 aromatic heterocycles. The van der Waals surface area contributed by atoms with E-state index >= 15 is 0 Å². The Balaban J connectivity index is 1.43. The Kier molecular flexibility index (Phi) is 5.24. The van der Waals surface area contributed by atoms with Crippen LogP contribution in [-0.2, 0) is 16.1 Å². The Bertz CT molecular complexity index is 1030. The molecule has 0 radical (unpaired) electrons. The maximum absolute atomic E-state index is 12.7. The first-order valence-corrected chi connectivity index (χ1v) is 10.4. The maximum atomic E-state index is 12.7. The lowest BCUT2D eigenvalue weighted by molar-refractivity contribution is -0.128. The number of thiazole rings is 1. The topological polar surface area (TPSA) is 75.4 Å². The molecule has 4 rings (SSSR count). The van der Waals surface area contributed by atoms with Gasteiger partial charge in [-0.25, -0.2) is 4.98 Å². The minimum atomic E-state index is -0.382. The number of likely N-dealkylation sites (tertiary alicyclic amines) is 1. The van der Waals surface area contributed by atoms with Crippen LogP contribution in [0.2, 0.25) is 0 Å². The van der Waals surface area contributed by atoms with Crippen molar-refractivity contribution in [3.05, 3.63) is 58.4 Å². The van der Waals surface area contributed by atoms with Gasteiger partial charge in [0.05, 0.1) is 24.4 Å². The second-order valence-electron chi connectivity index (χ2n) is 7.56. The van der Waals surface area contributed by atoms with Crippen molar-refractivity contribution in [2.45, 2.75) is 33.7 Å². The number of nitrogens with one attached hydrogen (secondary N) is 1.